The van der Waals surface area contributed by atoms with Gasteiger partial charge in [-0.2, -0.15) is 0 Å². The van der Waals surface area contributed by atoms with Gasteiger partial charge in [-0.25, -0.2) is 9.97 Å². The summed E-state index contributed by atoms with van der Waals surface area (Å²) >= 11 is 0. The molecule has 0 aliphatic rings. The monoisotopic (exact) mass is 267 g/mol. The first-order chi connectivity index (χ1) is 9.75. The molecule has 0 aromatic carbocycles. The van der Waals surface area contributed by atoms with Crippen molar-refractivity contribution < 1.29 is 4.79 Å². The molecule has 7 nitrogen and oxygen atoms in total. The third-order valence-corrected chi connectivity index (χ3v) is 2.66. The SMILES string of the molecule is O=C(Nc1cnc2ccccn2c1=O)c1cnccn1. The molecule has 3 rings (SSSR count). The largest absolute Gasteiger partial charge is 0.315 e. The number of fused-ring (bicyclic) bond motifs is 1. The molecule has 1 amide bonds. The van der Waals surface area contributed by atoms with E-state index in [1.807, 2.05) is 0 Å². The number of hydrogen-bond acceptors (Lipinski definition) is 5. The van der Waals surface area contributed by atoms with E-state index < -0.39 is 5.91 Å². The molecule has 98 valence electrons. The highest BCUT2D eigenvalue weighted by Crippen LogP contribution is 2.03. The van der Waals surface area contributed by atoms with Gasteiger partial charge in [0.05, 0.1) is 12.4 Å². The van der Waals surface area contributed by atoms with Gasteiger partial charge in [-0.3, -0.25) is 19.0 Å². The van der Waals surface area contributed by atoms with Crippen molar-refractivity contribution >= 4 is 17.2 Å². The summed E-state index contributed by atoms with van der Waals surface area (Å²) in [5.74, 6) is -0.507. The predicted molar refractivity (Wildman–Crippen MR) is 71.4 cm³/mol. The Bertz CT molecular complexity index is 829. The van der Waals surface area contributed by atoms with E-state index in [0.717, 1.165) is 0 Å². The average Bonchev–Trinajstić information content (AvgIpc) is 2.51. The third-order valence-electron chi connectivity index (χ3n) is 2.66. The number of hydrogen-bond donors (Lipinski definition) is 1. The maximum atomic E-state index is 12.2. The van der Waals surface area contributed by atoms with Gasteiger partial charge in [-0.05, 0) is 12.1 Å². The summed E-state index contributed by atoms with van der Waals surface area (Å²) < 4.78 is 1.35. The number of nitrogens with zero attached hydrogens (tertiary/aromatic N) is 4. The summed E-state index contributed by atoms with van der Waals surface area (Å²) in [5.41, 5.74) is 0.372. The van der Waals surface area contributed by atoms with Crippen LogP contribution in [0.3, 0.4) is 0 Å². The van der Waals surface area contributed by atoms with E-state index in [1.165, 1.54) is 29.2 Å². The number of aromatic nitrogens is 4. The second kappa shape index (κ2) is 4.88. The highest BCUT2D eigenvalue weighted by molar-refractivity contribution is 6.02. The quantitative estimate of drug-likeness (QED) is 0.739. The Morgan fingerprint density at radius 2 is 2.05 bits per heavy atom. The highest BCUT2D eigenvalue weighted by Gasteiger charge is 2.11. The summed E-state index contributed by atoms with van der Waals surface area (Å²) in [4.78, 5) is 35.8. The molecule has 3 aromatic heterocycles. The van der Waals surface area contributed by atoms with Crippen LogP contribution in [0.5, 0.6) is 0 Å². The molecule has 20 heavy (non-hydrogen) atoms. The number of nitrogens with one attached hydrogen (secondary N) is 1. The smallest absolute Gasteiger partial charge is 0.281 e. The number of rotatable bonds is 2. The maximum Gasteiger partial charge on any atom is 0.281 e. The molecule has 0 fully saturated rings. The second-order valence-corrected chi connectivity index (χ2v) is 3.95. The first-order valence-electron chi connectivity index (χ1n) is 5.79. The number of carbonyl (C=O) groups excluding carboxylic acids is 1. The molecule has 0 atom stereocenters. The zero-order chi connectivity index (χ0) is 13.9. The molecule has 0 aliphatic heterocycles. The molecule has 0 spiro atoms. The van der Waals surface area contributed by atoms with Gasteiger partial charge in [0.25, 0.3) is 11.5 Å². The van der Waals surface area contributed by atoms with Crippen LogP contribution in [0.15, 0.2) is 54.0 Å². The zero-order valence-electron chi connectivity index (χ0n) is 10.2. The van der Waals surface area contributed by atoms with E-state index in [1.54, 1.807) is 24.4 Å². The number of pyridine rings is 1. The van der Waals surface area contributed by atoms with Crippen molar-refractivity contribution in [2.45, 2.75) is 0 Å². The van der Waals surface area contributed by atoms with Crippen LogP contribution in [0.1, 0.15) is 10.5 Å². The summed E-state index contributed by atoms with van der Waals surface area (Å²) in [6, 6.07) is 5.19. The Morgan fingerprint density at radius 3 is 2.85 bits per heavy atom. The molecule has 0 radical (unpaired) electrons. The van der Waals surface area contributed by atoms with Crippen molar-refractivity contribution in [2.24, 2.45) is 0 Å². The van der Waals surface area contributed by atoms with Gasteiger partial charge in [-0.15, -0.1) is 0 Å². The van der Waals surface area contributed by atoms with Gasteiger partial charge < -0.3 is 5.32 Å². The second-order valence-electron chi connectivity index (χ2n) is 3.95. The predicted octanol–water partition coefficient (Wildman–Crippen LogP) is 0.737. The molecule has 3 aromatic rings. The van der Waals surface area contributed by atoms with E-state index >= 15 is 0 Å². The molecule has 7 heteroatoms. The van der Waals surface area contributed by atoms with E-state index in [2.05, 4.69) is 20.3 Å². The van der Waals surface area contributed by atoms with Gasteiger partial charge in [-0.1, -0.05) is 6.07 Å². The van der Waals surface area contributed by atoms with Crippen LogP contribution in [0, 0.1) is 0 Å². The summed E-state index contributed by atoms with van der Waals surface area (Å²) in [6.07, 6.45) is 7.10. The van der Waals surface area contributed by atoms with Gasteiger partial charge in [0.15, 0.2) is 0 Å². The maximum absolute atomic E-state index is 12.2. The van der Waals surface area contributed by atoms with Crippen LogP contribution in [-0.4, -0.2) is 25.3 Å². The zero-order valence-corrected chi connectivity index (χ0v) is 10.2. The van der Waals surface area contributed by atoms with Gasteiger partial charge >= 0.3 is 0 Å². The Balaban J connectivity index is 1.98. The molecule has 1 N–H and O–H groups in total. The van der Waals surface area contributed by atoms with Gasteiger partial charge in [0.1, 0.15) is 17.0 Å². The lowest BCUT2D eigenvalue weighted by Crippen LogP contribution is -2.23. The van der Waals surface area contributed by atoms with Crippen molar-refractivity contribution in [3.05, 3.63) is 65.2 Å². The Labute approximate surface area is 113 Å². The van der Waals surface area contributed by atoms with Crippen molar-refractivity contribution in [3.63, 3.8) is 0 Å². The minimum absolute atomic E-state index is 0.0874. The molecule has 0 aliphatic carbocycles. The average molecular weight is 267 g/mol. The molecular weight excluding hydrogens is 258 g/mol. The first-order valence-corrected chi connectivity index (χ1v) is 5.79. The molecule has 0 bridgehead atoms. The van der Waals surface area contributed by atoms with Crippen LogP contribution in [0.25, 0.3) is 5.65 Å². The highest BCUT2D eigenvalue weighted by atomic mass is 16.2. The van der Waals surface area contributed by atoms with Crippen molar-refractivity contribution in [1.82, 2.24) is 19.4 Å². The molecule has 3 heterocycles. The van der Waals surface area contributed by atoms with Crippen LogP contribution in [-0.2, 0) is 0 Å². The topological polar surface area (TPSA) is 89.3 Å². The Hall–Kier alpha value is -3.09. The third kappa shape index (κ3) is 2.12. The van der Waals surface area contributed by atoms with E-state index in [9.17, 15) is 9.59 Å². The molecule has 0 saturated heterocycles. The number of amides is 1. The summed E-state index contributed by atoms with van der Waals surface area (Å²) in [7, 11) is 0. The molecule has 0 saturated carbocycles. The molecule has 0 unspecified atom stereocenters. The number of anilines is 1. The normalized spacial score (nSPS) is 10.4. The molecular formula is C13H9N5O2. The lowest BCUT2D eigenvalue weighted by atomic mass is 10.4. The summed E-state index contributed by atoms with van der Waals surface area (Å²) in [6.45, 7) is 0. The Morgan fingerprint density at radius 1 is 1.15 bits per heavy atom. The van der Waals surface area contributed by atoms with Crippen molar-refractivity contribution in [1.29, 1.82) is 0 Å². The van der Waals surface area contributed by atoms with Crippen LogP contribution in [0.2, 0.25) is 0 Å². The minimum atomic E-state index is -0.507. The van der Waals surface area contributed by atoms with Crippen molar-refractivity contribution in [3.8, 4) is 0 Å². The fourth-order valence-corrected chi connectivity index (χ4v) is 1.72. The standard InChI is InChI=1S/C13H9N5O2/c19-12(9-7-14-4-5-15-9)17-10-8-16-11-3-1-2-6-18(11)13(10)20/h1-8H,(H,17,19). The lowest BCUT2D eigenvalue weighted by Gasteiger charge is -2.05. The van der Waals surface area contributed by atoms with Gasteiger partial charge in [0.2, 0.25) is 0 Å². The Kier molecular flexibility index (Phi) is 2.92. The fourth-order valence-electron chi connectivity index (χ4n) is 1.72. The van der Waals surface area contributed by atoms with Crippen LogP contribution < -0.4 is 10.9 Å². The lowest BCUT2D eigenvalue weighted by molar-refractivity contribution is 0.102. The number of carbonyl (C=O) groups is 1. The van der Waals surface area contributed by atoms with E-state index in [0.29, 0.717) is 5.65 Å². The van der Waals surface area contributed by atoms with Crippen LogP contribution in [0.4, 0.5) is 5.69 Å². The first kappa shape index (κ1) is 12.0. The van der Waals surface area contributed by atoms with E-state index in [4.69, 9.17) is 0 Å². The van der Waals surface area contributed by atoms with E-state index in [-0.39, 0.29) is 16.9 Å². The fraction of sp³-hybridized carbons (Fsp3) is 0. The minimum Gasteiger partial charge on any atom is -0.315 e. The van der Waals surface area contributed by atoms with Gasteiger partial charge in [0, 0.05) is 18.6 Å². The van der Waals surface area contributed by atoms with Crippen LogP contribution >= 0.6 is 0 Å². The van der Waals surface area contributed by atoms with Crippen molar-refractivity contribution in [2.75, 3.05) is 5.32 Å². The summed E-state index contributed by atoms with van der Waals surface area (Å²) in [5, 5.41) is 2.48.